The third kappa shape index (κ3) is 6.17. The lowest BCUT2D eigenvalue weighted by Gasteiger charge is -2.26. The van der Waals surface area contributed by atoms with Crippen molar-refractivity contribution in [3.63, 3.8) is 0 Å². The van der Waals surface area contributed by atoms with E-state index in [0.717, 1.165) is 11.3 Å². The van der Waals surface area contributed by atoms with Crippen molar-refractivity contribution in [1.82, 2.24) is 5.32 Å². The van der Waals surface area contributed by atoms with Gasteiger partial charge in [0.1, 0.15) is 17.4 Å². The number of benzene rings is 1. The molecular weight excluding hydrogens is 266 g/mol. The predicted octanol–water partition coefficient (Wildman–Crippen LogP) is 3.15. The fraction of sp³-hybridized carbons (Fsp3) is 0.588. The van der Waals surface area contributed by atoms with Gasteiger partial charge in [-0.2, -0.15) is 0 Å². The van der Waals surface area contributed by atoms with Gasteiger partial charge in [-0.05, 0) is 44.4 Å². The number of methoxy groups -OCH3 is 1. The van der Waals surface area contributed by atoms with E-state index in [1.54, 1.807) is 7.11 Å². The van der Waals surface area contributed by atoms with Crippen LogP contribution in [0.1, 0.15) is 40.2 Å². The minimum absolute atomic E-state index is 0.165. The molecule has 1 aromatic carbocycles. The molecule has 1 N–H and O–H groups in total. The summed E-state index contributed by atoms with van der Waals surface area (Å²) in [5, 5.41) is 3.28. The van der Waals surface area contributed by atoms with E-state index < -0.39 is 5.60 Å². The number of nitrogens with one attached hydrogen (secondary N) is 1. The third-order valence-electron chi connectivity index (χ3n) is 3.01. The van der Waals surface area contributed by atoms with Crippen LogP contribution in [0.2, 0.25) is 0 Å². The second-order valence-corrected chi connectivity index (χ2v) is 6.48. The van der Waals surface area contributed by atoms with Gasteiger partial charge in [0.15, 0.2) is 0 Å². The van der Waals surface area contributed by atoms with Gasteiger partial charge in [0, 0.05) is 6.54 Å². The van der Waals surface area contributed by atoms with Gasteiger partial charge in [0.25, 0.3) is 0 Å². The Kier molecular flexibility index (Phi) is 6.21. The highest BCUT2D eigenvalue weighted by atomic mass is 16.6. The summed E-state index contributed by atoms with van der Waals surface area (Å²) in [6, 6.07) is 7.48. The molecule has 0 fully saturated rings. The summed E-state index contributed by atoms with van der Waals surface area (Å²) in [5.74, 6) is 0.787. The highest BCUT2D eigenvalue weighted by molar-refractivity contribution is 5.76. The molecular formula is C17H27NO3. The Morgan fingerprint density at radius 3 is 2.19 bits per heavy atom. The SMILES string of the molecule is COc1ccc(CN[C@H](C(=O)OC(C)(C)C)C(C)C)cc1. The monoisotopic (exact) mass is 293 g/mol. The highest BCUT2D eigenvalue weighted by Gasteiger charge is 2.27. The number of carbonyl (C=O) groups excluding carboxylic acids is 1. The van der Waals surface area contributed by atoms with Crippen LogP contribution in [0.4, 0.5) is 0 Å². The van der Waals surface area contributed by atoms with E-state index >= 15 is 0 Å². The smallest absolute Gasteiger partial charge is 0.323 e. The summed E-state index contributed by atoms with van der Waals surface area (Å²) in [6.07, 6.45) is 0. The third-order valence-corrected chi connectivity index (χ3v) is 3.01. The number of esters is 1. The van der Waals surface area contributed by atoms with Crippen LogP contribution in [0, 0.1) is 5.92 Å². The fourth-order valence-corrected chi connectivity index (χ4v) is 1.93. The van der Waals surface area contributed by atoms with Crippen LogP contribution in [0.15, 0.2) is 24.3 Å². The van der Waals surface area contributed by atoms with Gasteiger partial charge in [-0.15, -0.1) is 0 Å². The number of hydrogen-bond donors (Lipinski definition) is 1. The molecule has 0 bridgehead atoms. The van der Waals surface area contributed by atoms with Gasteiger partial charge >= 0.3 is 5.97 Å². The number of hydrogen-bond acceptors (Lipinski definition) is 4. The first-order valence-electron chi connectivity index (χ1n) is 7.32. The van der Waals surface area contributed by atoms with E-state index in [9.17, 15) is 4.79 Å². The number of ether oxygens (including phenoxy) is 2. The Labute approximate surface area is 127 Å². The molecule has 118 valence electrons. The molecule has 0 spiro atoms. The Balaban J connectivity index is 2.64. The Morgan fingerprint density at radius 2 is 1.76 bits per heavy atom. The largest absolute Gasteiger partial charge is 0.497 e. The zero-order valence-electron chi connectivity index (χ0n) is 13.9. The first kappa shape index (κ1) is 17.5. The lowest BCUT2D eigenvalue weighted by molar-refractivity contribution is -0.158. The van der Waals surface area contributed by atoms with Gasteiger partial charge < -0.3 is 14.8 Å². The second kappa shape index (κ2) is 7.46. The van der Waals surface area contributed by atoms with Gasteiger partial charge in [-0.1, -0.05) is 26.0 Å². The molecule has 0 radical (unpaired) electrons. The van der Waals surface area contributed by atoms with E-state index in [4.69, 9.17) is 9.47 Å². The maximum atomic E-state index is 12.2. The molecule has 1 atom stereocenters. The van der Waals surface area contributed by atoms with Crippen molar-refractivity contribution in [2.45, 2.75) is 52.8 Å². The quantitative estimate of drug-likeness (QED) is 0.819. The topological polar surface area (TPSA) is 47.6 Å². The molecule has 0 aliphatic carbocycles. The summed E-state index contributed by atoms with van der Waals surface area (Å²) in [4.78, 5) is 12.2. The van der Waals surface area contributed by atoms with Crippen LogP contribution in [0.3, 0.4) is 0 Å². The maximum absolute atomic E-state index is 12.2. The standard InChI is InChI=1S/C17H27NO3/c1-12(2)15(16(19)21-17(3,4)5)18-11-13-7-9-14(20-6)10-8-13/h7-10,12,15,18H,11H2,1-6H3/t15-/m0/s1. The van der Waals surface area contributed by atoms with Crippen LogP contribution in [0.25, 0.3) is 0 Å². The second-order valence-electron chi connectivity index (χ2n) is 6.48. The molecule has 0 aliphatic rings. The van der Waals surface area contributed by atoms with E-state index in [1.807, 2.05) is 58.9 Å². The zero-order chi connectivity index (χ0) is 16.0. The summed E-state index contributed by atoms with van der Waals surface area (Å²) in [7, 11) is 1.64. The van der Waals surface area contributed by atoms with Crippen LogP contribution in [-0.2, 0) is 16.1 Å². The fourth-order valence-electron chi connectivity index (χ4n) is 1.93. The van der Waals surface area contributed by atoms with E-state index in [-0.39, 0.29) is 17.9 Å². The molecule has 21 heavy (non-hydrogen) atoms. The average Bonchev–Trinajstić information content (AvgIpc) is 2.37. The molecule has 1 aromatic rings. The lowest BCUT2D eigenvalue weighted by Crippen LogP contribution is -2.44. The lowest BCUT2D eigenvalue weighted by atomic mass is 10.0. The summed E-state index contributed by atoms with van der Waals surface area (Å²) in [5.41, 5.74) is 0.636. The van der Waals surface area contributed by atoms with E-state index in [2.05, 4.69) is 5.32 Å². The molecule has 1 rings (SSSR count). The minimum atomic E-state index is -0.466. The van der Waals surface area contributed by atoms with Crippen molar-refractivity contribution >= 4 is 5.97 Å². The Morgan fingerprint density at radius 1 is 1.19 bits per heavy atom. The number of rotatable bonds is 6. The predicted molar refractivity (Wildman–Crippen MR) is 84.3 cm³/mol. The molecule has 0 aromatic heterocycles. The summed E-state index contributed by atoms with van der Waals surface area (Å²) >= 11 is 0. The molecule has 0 heterocycles. The zero-order valence-corrected chi connectivity index (χ0v) is 13.9. The molecule has 4 heteroatoms. The van der Waals surface area contributed by atoms with Crippen molar-refractivity contribution < 1.29 is 14.3 Å². The van der Waals surface area contributed by atoms with Crippen molar-refractivity contribution in [2.75, 3.05) is 7.11 Å². The van der Waals surface area contributed by atoms with E-state index in [1.165, 1.54) is 0 Å². The number of carbonyl (C=O) groups is 1. The van der Waals surface area contributed by atoms with Gasteiger partial charge in [0.05, 0.1) is 7.11 Å². The normalized spacial score (nSPS) is 13.1. The molecule has 0 aliphatic heterocycles. The van der Waals surface area contributed by atoms with Crippen LogP contribution in [0.5, 0.6) is 5.75 Å². The first-order chi connectivity index (χ1) is 9.73. The molecule has 0 saturated carbocycles. The molecule has 0 unspecified atom stereocenters. The summed E-state index contributed by atoms with van der Waals surface area (Å²) in [6.45, 7) is 10.3. The molecule has 0 saturated heterocycles. The van der Waals surface area contributed by atoms with Gasteiger partial charge in [-0.25, -0.2) is 0 Å². The van der Waals surface area contributed by atoms with Gasteiger partial charge in [-0.3, -0.25) is 4.79 Å². The molecule has 0 amide bonds. The van der Waals surface area contributed by atoms with Crippen molar-refractivity contribution in [1.29, 1.82) is 0 Å². The van der Waals surface area contributed by atoms with Crippen LogP contribution in [-0.4, -0.2) is 24.7 Å². The maximum Gasteiger partial charge on any atom is 0.323 e. The first-order valence-corrected chi connectivity index (χ1v) is 7.32. The van der Waals surface area contributed by atoms with Crippen LogP contribution >= 0.6 is 0 Å². The Bertz CT molecular complexity index is 446. The van der Waals surface area contributed by atoms with E-state index in [0.29, 0.717) is 6.54 Å². The molecule has 4 nitrogen and oxygen atoms in total. The van der Waals surface area contributed by atoms with Crippen molar-refractivity contribution in [3.8, 4) is 5.75 Å². The van der Waals surface area contributed by atoms with Gasteiger partial charge in [0.2, 0.25) is 0 Å². The van der Waals surface area contributed by atoms with Crippen molar-refractivity contribution in [3.05, 3.63) is 29.8 Å². The van der Waals surface area contributed by atoms with Crippen molar-refractivity contribution in [2.24, 2.45) is 5.92 Å². The highest BCUT2D eigenvalue weighted by Crippen LogP contribution is 2.14. The Hall–Kier alpha value is -1.55. The summed E-state index contributed by atoms with van der Waals surface area (Å²) < 4.78 is 10.6. The average molecular weight is 293 g/mol. The minimum Gasteiger partial charge on any atom is -0.497 e. The van der Waals surface area contributed by atoms with Crippen LogP contribution < -0.4 is 10.1 Å².